The van der Waals surface area contributed by atoms with Crippen molar-refractivity contribution in [3.63, 3.8) is 0 Å². The maximum absolute atomic E-state index is 12.5. The third-order valence-electron chi connectivity index (χ3n) is 3.87. The summed E-state index contributed by atoms with van der Waals surface area (Å²) in [5, 5.41) is 0. The number of aryl methyl sites for hydroxylation is 2. The average molecular weight is 325 g/mol. The first-order valence-electron chi connectivity index (χ1n) is 7.55. The van der Waals surface area contributed by atoms with Gasteiger partial charge in [-0.1, -0.05) is 19.9 Å². The number of methoxy groups -OCH3 is 1. The van der Waals surface area contributed by atoms with Crippen molar-refractivity contribution in [2.45, 2.75) is 50.5 Å². The molecule has 0 fully saturated rings. The lowest BCUT2D eigenvalue weighted by Crippen LogP contribution is -2.42. The fourth-order valence-corrected chi connectivity index (χ4v) is 4.02. The zero-order valence-corrected chi connectivity index (χ0v) is 14.1. The van der Waals surface area contributed by atoms with Crippen LogP contribution >= 0.6 is 0 Å². The number of carbonyl (C=O) groups excluding carboxylic acids is 1. The largest absolute Gasteiger partial charge is 0.468 e. The molecule has 0 radical (unpaired) electrons. The van der Waals surface area contributed by atoms with E-state index in [9.17, 15) is 13.2 Å². The Hall–Kier alpha value is -1.40. The molecule has 0 amide bonds. The molecule has 1 N–H and O–H groups in total. The molecule has 1 aromatic rings. The fraction of sp³-hybridized carbons (Fsp3) is 0.562. The maximum atomic E-state index is 12.5. The predicted octanol–water partition coefficient (Wildman–Crippen LogP) is 2.04. The van der Waals surface area contributed by atoms with E-state index in [4.69, 9.17) is 4.74 Å². The molecule has 0 saturated heterocycles. The van der Waals surface area contributed by atoms with Crippen molar-refractivity contribution in [2.24, 2.45) is 5.92 Å². The number of hydrogen-bond acceptors (Lipinski definition) is 4. The highest BCUT2D eigenvalue weighted by atomic mass is 32.2. The second-order valence-electron chi connectivity index (χ2n) is 6.11. The molecule has 122 valence electrons. The molecule has 1 aromatic carbocycles. The summed E-state index contributed by atoms with van der Waals surface area (Å²) >= 11 is 0. The van der Waals surface area contributed by atoms with Crippen LogP contribution in [0.15, 0.2) is 23.1 Å². The fourth-order valence-electron chi connectivity index (χ4n) is 2.78. The number of rotatable bonds is 6. The molecule has 0 aromatic heterocycles. The second-order valence-corrected chi connectivity index (χ2v) is 7.82. The molecule has 1 aliphatic rings. The standard InChI is InChI=1S/C16H23NO4S/c1-11(2)9-15(16(18)21-3)17-22(19,20)14-8-7-12-5-4-6-13(12)10-14/h7-8,10-11,15,17H,4-6,9H2,1-3H3/t15-/m0/s1. The van der Waals surface area contributed by atoms with Crippen LogP contribution in [0.25, 0.3) is 0 Å². The van der Waals surface area contributed by atoms with Gasteiger partial charge in [0.05, 0.1) is 12.0 Å². The highest BCUT2D eigenvalue weighted by Gasteiger charge is 2.27. The van der Waals surface area contributed by atoms with Gasteiger partial charge < -0.3 is 4.74 Å². The molecular formula is C16H23NO4S. The van der Waals surface area contributed by atoms with Gasteiger partial charge in [0.2, 0.25) is 10.0 Å². The van der Waals surface area contributed by atoms with Gasteiger partial charge in [0.1, 0.15) is 6.04 Å². The minimum atomic E-state index is -3.73. The van der Waals surface area contributed by atoms with Gasteiger partial charge in [-0.3, -0.25) is 4.79 Å². The Labute approximate surface area is 132 Å². The third-order valence-corrected chi connectivity index (χ3v) is 5.34. The zero-order chi connectivity index (χ0) is 16.3. The van der Waals surface area contributed by atoms with Crippen LogP contribution < -0.4 is 4.72 Å². The summed E-state index contributed by atoms with van der Waals surface area (Å²) in [7, 11) is -2.47. The van der Waals surface area contributed by atoms with Crippen molar-refractivity contribution in [3.05, 3.63) is 29.3 Å². The van der Waals surface area contributed by atoms with Gasteiger partial charge in [0, 0.05) is 0 Å². The second kappa shape index (κ2) is 6.79. The van der Waals surface area contributed by atoms with E-state index in [2.05, 4.69) is 4.72 Å². The molecule has 2 rings (SSSR count). The molecule has 0 bridgehead atoms. The number of carbonyl (C=O) groups is 1. The lowest BCUT2D eigenvalue weighted by atomic mass is 10.1. The Morgan fingerprint density at radius 3 is 2.59 bits per heavy atom. The molecule has 1 aliphatic carbocycles. The van der Waals surface area contributed by atoms with Gasteiger partial charge >= 0.3 is 5.97 Å². The van der Waals surface area contributed by atoms with Gasteiger partial charge in [0.15, 0.2) is 0 Å². The number of fused-ring (bicyclic) bond motifs is 1. The summed E-state index contributed by atoms with van der Waals surface area (Å²) in [6.07, 6.45) is 3.37. The van der Waals surface area contributed by atoms with E-state index >= 15 is 0 Å². The predicted molar refractivity (Wildman–Crippen MR) is 84.0 cm³/mol. The molecule has 0 spiro atoms. The monoisotopic (exact) mass is 325 g/mol. The maximum Gasteiger partial charge on any atom is 0.323 e. The van der Waals surface area contributed by atoms with Crippen molar-refractivity contribution in [2.75, 3.05) is 7.11 Å². The van der Waals surface area contributed by atoms with Crippen molar-refractivity contribution < 1.29 is 17.9 Å². The topological polar surface area (TPSA) is 72.5 Å². The molecule has 0 heterocycles. The van der Waals surface area contributed by atoms with Crippen molar-refractivity contribution >= 4 is 16.0 Å². The van der Waals surface area contributed by atoms with Gasteiger partial charge in [-0.2, -0.15) is 4.72 Å². The number of esters is 1. The number of nitrogens with one attached hydrogen (secondary N) is 1. The zero-order valence-electron chi connectivity index (χ0n) is 13.3. The van der Waals surface area contributed by atoms with Crippen LogP contribution in [0, 0.1) is 5.92 Å². The highest BCUT2D eigenvalue weighted by molar-refractivity contribution is 7.89. The molecular weight excluding hydrogens is 302 g/mol. The van der Waals surface area contributed by atoms with Crippen LogP contribution in [0.1, 0.15) is 37.8 Å². The van der Waals surface area contributed by atoms with Crippen LogP contribution in [-0.2, 0) is 32.4 Å². The third kappa shape index (κ3) is 3.87. The van der Waals surface area contributed by atoms with E-state index in [0.29, 0.717) is 6.42 Å². The summed E-state index contributed by atoms with van der Waals surface area (Å²) in [5.74, 6) is -0.384. The normalized spacial score (nSPS) is 15.6. The lowest BCUT2D eigenvalue weighted by molar-refractivity contribution is -0.143. The van der Waals surface area contributed by atoms with Gasteiger partial charge in [-0.15, -0.1) is 0 Å². The summed E-state index contributed by atoms with van der Waals surface area (Å²) in [6, 6.07) is 4.33. The molecule has 5 nitrogen and oxygen atoms in total. The van der Waals surface area contributed by atoms with E-state index in [-0.39, 0.29) is 10.8 Å². The first kappa shape index (κ1) is 17.0. The van der Waals surface area contributed by atoms with Crippen LogP contribution in [-0.4, -0.2) is 27.5 Å². The molecule has 0 aliphatic heterocycles. The molecule has 6 heteroatoms. The minimum absolute atomic E-state index is 0.173. The van der Waals surface area contributed by atoms with E-state index < -0.39 is 22.0 Å². The van der Waals surface area contributed by atoms with Gasteiger partial charge in [-0.05, 0) is 54.9 Å². The molecule has 1 atom stereocenters. The van der Waals surface area contributed by atoms with E-state index in [1.54, 1.807) is 12.1 Å². The van der Waals surface area contributed by atoms with Crippen molar-refractivity contribution in [1.29, 1.82) is 0 Å². The molecule has 22 heavy (non-hydrogen) atoms. The summed E-state index contributed by atoms with van der Waals surface area (Å²) in [6.45, 7) is 3.86. The Morgan fingerprint density at radius 1 is 1.27 bits per heavy atom. The van der Waals surface area contributed by atoms with Crippen LogP contribution in [0.2, 0.25) is 0 Å². The Bertz CT molecular complexity index is 652. The number of hydrogen-bond donors (Lipinski definition) is 1. The van der Waals surface area contributed by atoms with E-state index in [1.807, 2.05) is 19.9 Å². The van der Waals surface area contributed by atoms with E-state index in [1.165, 1.54) is 12.7 Å². The first-order valence-corrected chi connectivity index (χ1v) is 9.03. The number of benzene rings is 1. The van der Waals surface area contributed by atoms with E-state index in [0.717, 1.165) is 24.8 Å². The van der Waals surface area contributed by atoms with Crippen molar-refractivity contribution in [3.8, 4) is 0 Å². The quantitative estimate of drug-likeness (QED) is 0.813. The number of ether oxygens (including phenoxy) is 1. The first-order chi connectivity index (χ1) is 10.3. The highest BCUT2D eigenvalue weighted by Crippen LogP contribution is 2.25. The van der Waals surface area contributed by atoms with Crippen LogP contribution in [0.3, 0.4) is 0 Å². The van der Waals surface area contributed by atoms with Gasteiger partial charge in [0.25, 0.3) is 0 Å². The Kier molecular flexibility index (Phi) is 5.24. The van der Waals surface area contributed by atoms with Gasteiger partial charge in [-0.25, -0.2) is 8.42 Å². The van der Waals surface area contributed by atoms with Crippen LogP contribution in [0.4, 0.5) is 0 Å². The lowest BCUT2D eigenvalue weighted by Gasteiger charge is -2.18. The minimum Gasteiger partial charge on any atom is -0.468 e. The Balaban J connectivity index is 2.23. The Morgan fingerprint density at radius 2 is 1.95 bits per heavy atom. The summed E-state index contributed by atoms with van der Waals surface area (Å²) in [4.78, 5) is 12.0. The molecule has 0 unspecified atom stereocenters. The number of sulfonamides is 1. The summed E-state index contributed by atoms with van der Waals surface area (Å²) < 4.78 is 32.2. The summed E-state index contributed by atoms with van der Waals surface area (Å²) in [5.41, 5.74) is 2.30. The molecule has 0 saturated carbocycles. The SMILES string of the molecule is COC(=O)[C@H](CC(C)C)NS(=O)(=O)c1ccc2c(c1)CCC2. The smallest absolute Gasteiger partial charge is 0.323 e. The average Bonchev–Trinajstić information content (AvgIpc) is 2.92. The van der Waals surface area contributed by atoms with Crippen molar-refractivity contribution in [1.82, 2.24) is 4.72 Å². The van der Waals surface area contributed by atoms with Crippen LogP contribution in [0.5, 0.6) is 0 Å².